The van der Waals surface area contributed by atoms with Gasteiger partial charge in [-0.3, -0.25) is 14.4 Å². The normalized spacial score (nSPS) is 20.5. The topological polar surface area (TPSA) is 114 Å². The molecule has 0 spiro atoms. The smallest absolute Gasteiger partial charge is 0.231 e. The van der Waals surface area contributed by atoms with Crippen molar-refractivity contribution in [2.75, 3.05) is 35.7 Å². The minimum absolute atomic E-state index is 0.0640. The van der Waals surface area contributed by atoms with E-state index in [9.17, 15) is 18.8 Å². The lowest BCUT2D eigenvalue weighted by Crippen LogP contribution is -2.32. The summed E-state index contributed by atoms with van der Waals surface area (Å²) >= 11 is 2.41. The zero-order valence-corrected chi connectivity index (χ0v) is 18.7. The van der Waals surface area contributed by atoms with Crippen molar-refractivity contribution < 1.29 is 23.5 Å². The van der Waals surface area contributed by atoms with E-state index in [2.05, 4.69) is 20.8 Å². The van der Waals surface area contributed by atoms with Crippen molar-refractivity contribution >= 4 is 51.6 Å². The molecule has 2 saturated heterocycles. The summed E-state index contributed by atoms with van der Waals surface area (Å²) in [6, 6.07) is 5.58. The van der Waals surface area contributed by atoms with Gasteiger partial charge in [0.15, 0.2) is 4.34 Å². The van der Waals surface area contributed by atoms with E-state index in [1.165, 1.54) is 52.3 Å². The SMILES string of the molecule is O=C(CSc1nnc(NC(=O)[C@H]2CC(=O)N(c3ccc(F)cc3)C2)s1)NC[C@H]1CCCO1. The van der Waals surface area contributed by atoms with E-state index < -0.39 is 5.92 Å². The average Bonchev–Trinajstić information content (AvgIpc) is 3.53. The number of hydrogen-bond donors (Lipinski definition) is 2. The molecule has 1 aromatic carbocycles. The van der Waals surface area contributed by atoms with Gasteiger partial charge in [0.05, 0.1) is 17.8 Å². The molecule has 32 heavy (non-hydrogen) atoms. The summed E-state index contributed by atoms with van der Waals surface area (Å²) in [6.45, 7) is 1.46. The molecular formula is C20H22FN5O4S2. The second-order valence-electron chi connectivity index (χ2n) is 7.47. The summed E-state index contributed by atoms with van der Waals surface area (Å²) in [5.74, 6) is -1.38. The number of benzene rings is 1. The quantitative estimate of drug-likeness (QED) is 0.440. The van der Waals surface area contributed by atoms with E-state index in [-0.39, 0.29) is 48.4 Å². The second-order valence-corrected chi connectivity index (χ2v) is 9.67. The van der Waals surface area contributed by atoms with Gasteiger partial charge >= 0.3 is 0 Å². The van der Waals surface area contributed by atoms with Gasteiger partial charge in [0.2, 0.25) is 22.9 Å². The Morgan fingerprint density at radius 2 is 2.09 bits per heavy atom. The number of anilines is 2. The van der Waals surface area contributed by atoms with E-state index >= 15 is 0 Å². The molecule has 2 fully saturated rings. The molecule has 0 radical (unpaired) electrons. The molecular weight excluding hydrogens is 457 g/mol. The largest absolute Gasteiger partial charge is 0.376 e. The molecule has 2 aliphatic rings. The second kappa shape index (κ2) is 10.4. The maximum atomic E-state index is 13.1. The highest BCUT2D eigenvalue weighted by molar-refractivity contribution is 8.01. The summed E-state index contributed by atoms with van der Waals surface area (Å²) in [6.07, 6.45) is 2.14. The number of thioether (sulfide) groups is 1. The number of nitrogens with one attached hydrogen (secondary N) is 2. The zero-order chi connectivity index (χ0) is 22.5. The molecule has 170 valence electrons. The van der Waals surface area contributed by atoms with E-state index in [1.807, 2.05) is 0 Å². The number of amides is 3. The molecule has 9 nitrogen and oxygen atoms in total. The van der Waals surface area contributed by atoms with E-state index in [0.717, 1.165) is 19.4 Å². The summed E-state index contributed by atoms with van der Waals surface area (Å²) in [5.41, 5.74) is 0.555. The Balaban J connectivity index is 1.23. The highest BCUT2D eigenvalue weighted by Crippen LogP contribution is 2.28. The van der Waals surface area contributed by atoms with Crippen LogP contribution >= 0.6 is 23.1 Å². The van der Waals surface area contributed by atoms with Gasteiger partial charge in [0.1, 0.15) is 5.82 Å². The number of aromatic nitrogens is 2. The highest BCUT2D eigenvalue weighted by atomic mass is 32.2. The summed E-state index contributed by atoms with van der Waals surface area (Å²) < 4.78 is 19.1. The fourth-order valence-corrected chi connectivity index (χ4v) is 5.08. The average molecular weight is 480 g/mol. The van der Waals surface area contributed by atoms with Crippen LogP contribution in [-0.2, 0) is 19.1 Å². The predicted octanol–water partition coefficient (Wildman–Crippen LogP) is 2.06. The van der Waals surface area contributed by atoms with Gasteiger partial charge in [-0.25, -0.2) is 4.39 Å². The Hall–Kier alpha value is -2.57. The maximum Gasteiger partial charge on any atom is 0.231 e. The number of halogens is 1. The van der Waals surface area contributed by atoms with Crippen LogP contribution in [0.15, 0.2) is 28.6 Å². The van der Waals surface area contributed by atoms with E-state index in [1.54, 1.807) is 0 Å². The van der Waals surface area contributed by atoms with E-state index in [0.29, 0.717) is 21.7 Å². The number of carbonyl (C=O) groups is 3. The Morgan fingerprint density at radius 3 is 2.84 bits per heavy atom. The van der Waals surface area contributed by atoms with Crippen LogP contribution in [0.5, 0.6) is 0 Å². The summed E-state index contributed by atoms with van der Waals surface area (Å²) in [4.78, 5) is 38.3. The Kier molecular flexibility index (Phi) is 7.33. The zero-order valence-electron chi connectivity index (χ0n) is 17.1. The molecule has 1 aromatic heterocycles. The van der Waals surface area contributed by atoms with Gasteiger partial charge in [-0.2, -0.15) is 0 Å². The third kappa shape index (κ3) is 5.81. The lowest BCUT2D eigenvalue weighted by atomic mass is 10.1. The first-order valence-electron chi connectivity index (χ1n) is 10.2. The van der Waals surface area contributed by atoms with Crippen LogP contribution < -0.4 is 15.5 Å². The van der Waals surface area contributed by atoms with Crippen LogP contribution in [0.3, 0.4) is 0 Å². The van der Waals surface area contributed by atoms with Crippen LogP contribution in [-0.4, -0.2) is 59.5 Å². The van der Waals surface area contributed by atoms with Crippen molar-refractivity contribution in [3.63, 3.8) is 0 Å². The molecule has 0 bridgehead atoms. The summed E-state index contributed by atoms with van der Waals surface area (Å²) in [5, 5.41) is 13.8. The number of ether oxygens (including phenoxy) is 1. The number of carbonyl (C=O) groups excluding carboxylic acids is 3. The maximum absolute atomic E-state index is 13.1. The summed E-state index contributed by atoms with van der Waals surface area (Å²) in [7, 11) is 0. The first kappa shape index (κ1) is 22.6. The molecule has 3 amide bonds. The molecule has 2 N–H and O–H groups in total. The Bertz CT molecular complexity index is 981. The van der Waals surface area contributed by atoms with Crippen LogP contribution in [0.4, 0.5) is 15.2 Å². The first-order valence-corrected chi connectivity index (χ1v) is 12.0. The van der Waals surface area contributed by atoms with Gasteiger partial charge in [-0.05, 0) is 37.1 Å². The van der Waals surface area contributed by atoms with Crippen LogP contribution in [0.25, 0.3) is 0 Å². The molecule has 4 rings (SSSR count). The minimum Gasteiger partial charge on any atom is -0.376 e. The van der Waals surface area contributed by atoms with Gasteiger partial charge in [0.25, 0.3) is 0 Å². The van der Waals surface area contributed by atoms with Gasteiger partial charge in [-0.1, -0.05) is 23.1 Å². The third-order valence-electron chi connectivity index (χ3n) is 5.15. The van der Waals surface area contributed by atoms with Crippen molar-refractivity contribution in [1.82, 2.24) is 15.5 Å². The lowest BCUT2D eigenvalue weighted by molar-refractivity contribution is -0.122. The standard InChI is InChI=1S/C20H22FN5O4S2/c21-13-3-5-14(6-4-13)26-10-12(8-17(26)28)18(29)23-19-24-25-20(32-19)31-11-16(27)22-9-15-2-1-7-30-15/h3-6,12,15H,1-2,7-11H2,(H,22,27)(H,23,24,29)/t12-,15+/m0/s1. The molecule has 0 aliphatic carbocycles. The van der Waals surface area contributed by atoms with Crippen LogP contribution in [0, 0.1) is 11.7 Å². The molecule has 2 atom stereocenters. The number of hydrogen-bond acceptors (Lipinski definition) is 8. The Morgan fingerprint density at radius 1 is 1.28 bits per heavy atom. The lowest BCUT2D eigenvalue weighted by Gasteiger charge is -2.16. The van der Waals surface area contributed by atoms with Crippen molar-refractivity contribution in [2.24, 2.45) is 5.92 Å². The van der Waals surface area contributed by atoms with Crippen molar-refractivity contribution in [3.8, 4) is 0 Å². The minimum atomic E-state index is -0.545. The van der Waals surface area contributed by atoms with Crippen LogP contribution in [0.1, 0.15) is 19.3 Å². The van der Waals surface area contributed by atoms with Crippen molar-refractivity contribution in [3.05, 3.63) is 30.1 Å². The first-order chi connectivity index (χ1) is 15.5. The van der Waals surface area contributed by atoms with Gasteiger partial charge in [0, 0.05) is 31.8 Å². The van der Waals surface area contributed by atoms with Crippen molar-refractivity contribution in [1.29, 1.82) is 0 Å². The molecule has 0 unspecified atom stereocenters. The molecule has 0 saturated carbocycles. The monoisotopic (exact) mass is 479 g/mol. The van der Waals surface area contributed by atoms with Crippen molar-refractivity contribution in [2.45, 2.75) is 29.7 Å². The molecule has 3 heterocycles. The Labute approximate surface area is 192 Å². The van der Waals surface area contributed by atoms with Gasteiger partial charge in [-0.15, -0.1) is 10.2 Å². The molecule has 2 aliphatic heterocycles. The molecule has 12 heteroatoms. The highest BCUT2D eigenvalue weighted by Gasteiger charge is 2.35. The van der Waals surface area contributed by atoms with E-state index in [4.69, 9.17) is 4.74 Å². The van der Waals surface area contributed by atoms with Gasteiger partial charge < -0.3 is 20.3 Å². The third-order valence-corrected chi connectivity index (χ3v) is 7.12. The number of nitrogens with zero attached hydrogens (tertiary/aromatic N) is 3. The molecule has 2 aromatic rings. The predicted molar refractivity (Wildman–Crippen MR) is 118 cm³/mol. The van der Waals surface area contributed by atoms with Crippen LogP contribution in [0.2, 0.25) is 0 Å². The fourth-order valence-electron chi connectivity index (χ4n) is 3.49. The fraction of sp³-hybridized carbons (Fsp3) is 0.450. The number of rotatable bonds is 8.